The van der Waals surface area contributed by atoms with Gasteiger partial charge in [0.25, 0.3) is 0 Å². The number of methoxy groups -OCH3 is 1. The number of nitrogens with zero attached hydrogens (tertiary/aromatic N) is 2. The van der Waals surface area contributed by atoms with Crippen LogP contribution in [0.5, 0.6) is 5.75 Å². The third kappa shape index (κ3) is 7.82. The minimum Gasteiger partial charge on any atom is -0.497 e. The van der Waals surface area contributed by atoms with Crippen LogP contribution in [-0.4, -0.2) is 64.3 Å². The van der Waals surface area contributed by atoms with E-state index in [-0.39, 0.29) is 12.5 Å². The molecule has 1 amide bonds. The third-order valence-electron chi connectivity index (χ3n) is 3.23. The van der Waals surface area contributed by atoms with Gasteiger partial charge in [-0.2, -0.15) is 0 Å². The SMILES string of the molecule is CCOCCNC(=NCc1ccc(OC)cc1)NCC(=O)N(C)C. The van der Waals surface area contributed by atoms with Crippen LogP contribution in [0, 0.1) is 0 Å². The molecule has 0 aliphatic rings. The Morgan fingerprint density at radius 2 is 1.92 bits per heavy atom. The molecule has 0 saturated carbocycles. The summed E-state index contributed by atoms with van der Waals surface area (Å²) in [5, 5.41) is 6.20. The molecule has 0 aliphatic heterocycles. The topological polar surface area (TPSA) is 75.2 Å². The van der Waals surface area contributed by atoms with Crippen molar-refractivity contribution in [3.63, 3.8) is 0 Å². The second-order valence-electron chi connectivity index (χ2n) is 5.28. The molecule has 1 rings (SSSR count). The van der Waals surface area contributed by atoms with Crippen LogP contribution in [0.1, 0.15) is 12.5 Å². The van der Waals surface area contributed by atoms with Gasteiger partial charge < -0.3 is 25.0 Å². The molecule has 0 heterocycles. The predicted octanol–water partition coefficient (Wildman–Crippen LogP) is 0.855. The van der Waals surface area contributed by atoms with Crippen molar-refractivity contribution >= 4 is 11.9 Å². The zero-order valence-corrected chi connectivity index (χ0v) is 15.0. The van der Waals surface area contributed by atoms with Gasteiger partial charge in [-0.3, -0.25) is 4.79 Å². The first-order chi connectivity index (χ1) is 11.6. The quantitative estimate of drug-likeness (QED) is 0.397. The van der Waals surface area contributed by atoms with Gasteiger partial charge >= 0.3 is 0 Å². The number of ether oxygens (including phenoxy) is 2. The number of carbonyl (C=O) groups excluding carboxylic acids is 1. The molecule has 0 spiro atoms. The molecule has 7 heteroatoms. The summed E-state index contributed by atoms with van der Waals surface area (Å²) in [5.41, 5.74) is 1.06. The fraction of sp³-hybridized carbons (Fsp3) is 0.529. The number of likely N-dealkylation sites (N-methyl/N-ethyl adjacent to an activating group) is 1. The van der Waals surface area contributed by atoms with Crippen molar-refractivity contribution in [2.45, 2.75) is 13.5 Å². The van der Waals surface area contributed by atoms with Gasteiger partial charge in [0.1, 0.15) is 5.75 Å². The van der Waals surface area contributed by atoms with Gasteiger partial charge in [-0.15, -0.1) is 0 Å². The number of amides is 1. The van der Waals surface area contributed by atoms with Crippen molar-refractivity contribution in [3.8, 4) is 5.75 Å². The summed E-state index contributed by atoms with van der Waals surface area (Å²) >= 11 is 0. The average Bonchev–Trinajstić information content (AvgIpc) is 2.60. The molecule has 1 aromatic rings. The Hall–Kier alpha value is -2.28. The second-order valence-corrected chi connectivity index (χ2v) is 5.28. The molecule has 0 fully saturated rings. The van der Waals surface area contributed by atoms with Gasteiger partial charge in [0, 0.05) is 27.2 Å². The highest BCUT2D eigenvalue weighted by molar-refractivity contribution is 5.86. The van der Waals surface area contributed by atoms with Crippen LogP contribution in [0.2, 0.25) is 0 Å². The molecule has 134 valence electrons. The number of benzene rings is 1. The van der Waals surface area contributed by atoms with Gasteiger partial charge in [0.05, 0.1) is 26.8 Å². The summed E-state index contributed by atoms with van der Waals surface area (Å²) in [6, 6.07) is 7.72. The lowest BCUT2D eigenvalue weighted by molar-refractivity contribution is -0.127. The molecular weight excluding hydrogens is 308 g/mol. The molecule has 0 aromatic heterocycles. The Balaban J connectivity index is 2.61. The molecule has 0 saturated heterocycles. The Morgan fingerprint density at radius 3 is 2.50 bits per heavy atom. The second kappa shape index (κ2) is 11.3. The lowest BCUT2D eigenvalue weighted by atomic mass is 10.2. The van der Waals surface area contributed by atoms with Crippen molar-refractivity contribution < 1.29 is 14.3 Å². The fourth-order valence-electron chi connectivity index (χ4n) is 1.78. The predicted molar refractivity (Wildman–Crippen MR) is 95.3 cm³/mol. The van der Waals surface area contributed by atoms with Crippen molar-refractivity contribution in [1.29, 1.82) is 0 Å². The minimum absolute atomic E-state index is 0.0150. The number of rotatable bonds is 9. The monoisotopic (exact) mass is 336 g/mol. The van der Waals surface area contributed by atoms with E-state index < -0.39 is 0 Å². The standard InChI is InChI=1S/C17H28N4O3/c1-5-24-11-10-18-17(20-13-16(22)21(2)3)19-12-14-6-8-15(23-4)9-7-14/h6-9H,5,10-13H2,1-4H3,(H2,18,19,20). The minimum atomic E-state index is -0.0150. The van der Waals surface area contributed by atoms with Gasteiger partial charge in [0.2, 0.25) is 5.91 Å². The lowest BCUT2D eigenvalue weighted by Crippen LogP contribution is -2.43. The fourth-order valence-corrected chi connectivity index (χ4v) is 1.78. The number of aliphatic imine (C=N–C) groups is 1. The van der Waals surface area contributed by atoms with Crippen LogP contribution < -0.4 is 15.4 Å². The molecule has 0 aliphatic carbocycles. The summed E-state index contributed by atoms with van der Waals surface area (Å²) in [4.78, 5) is 17.8. The van der Waals surface area contributed by atoms with Crippen LogP contribution in [-0.2, 0) is 16.1 Å². The van der Waals surface area contributed by atoms with Crippen LogP contribution >= 0.6 is 0 Å². The van der Waals surface area contributed by atoms with Gasteiger partial charge in [-0.1, -0.05) is 12.1 Å². The molecule has 2 N–H and O–H groups in total. The largest absolute Gasteiger partial charge is 0.497 e. The van der Waals surface area contributed by atoms with E-state index in [4.69, 9.17) is 9.47 Å². The first kappa shape index (κ1) is 19.8. The smallest absolute Gasteiger partial charge is 0.241 e. The molecular formula is C17H28N4O3. The van der Waals surface area contributed by atoms with Crippen LogP contribution in [0.4, 0.5) is 0 Å². The van der Waals surface area contributed by atoms with Crippen LogP contribution in [0.25, 0.3) is 0 Å². The molecule has 0 bridgehead atoms. The number of nitrogens with one attached hydrogen (secondary N) is 2. The van der Waals surface area contributed by atoms with Crippen LogP contribution in [0.15, 0.2) is 29.3 Å². The van der Waals surface area contributed by atoms with E-state index in [1.165, 1.54) is 4.90 Å². The van der Waals surface area contributed by atoms with Gasteiger partial charge in [-0.25, -0.2) is 4.99 Å². The Labute approximate surface area is 144 Å². The molecule has 24 heavy (non-hydrogen) atoms. The van der Waals surface area contributed by atoms with Crippen molar-refractivity contribution in [2.24, 2.45) is 4.99 Å². The number of carbonyl (C=O) groups is 1. The highest BCUT2D eigenvalue weighted by Crippen LogP contribution is 2.11. The van der Waals surface area contributed by atoms with E-state index in [1.807, 2.05) is 31.2 Å². The van der Waals surface area contributed by atoms with E-state index >= 15 is 0 Å². The maximum Gasteiger partial charge on any atom is 0.241 e. The van der Waals surface area contributed by atoms with E-state index in [9.17, 15) is 4.79 Å². The van der Waals surface area contributed by atoms with Crippen molar-refractivity contribution in [1.82, 2.24) is 15.5 Å². The molecule has 7 nitrogen and oxygen atoms in total. The van der Waals surface area contributed by atoms with E-state index in [1.54, 1.807) is 21.2 Å². The maximum absolute atomic E-state index is 11.7. The summed E-state index contributed by atoms with van der Waals surface area (Å²) < 4.78 is 10.4. The van der Waals surface area contributed by atoms with E-state index in [0.717, 1.165) is 11.3 Å². The number of hydrogen-bond acceptors (Lipinski definition) is 4. The lowest BCUT2D eigenvalue weighted by Gasteiger charge is -2.15. The summed E-state index contributed by atoms with van der Waals surface area (Å²) in [6.07, 6.45) is 0. The Morgan fingerprint density at radius 1 is 1.21 bits per heavy atom. The molecule has 0 unspecified atom stereocenters. The number of guanidine groups is 1. The molecule has 0 radical (unpaired) electrons. The first-order valence-electron chi connectivity index (χ1n) is 7.99. The highest BCUT2D eigenvalue weighted by atomic mass is 16.5. The van der Waals surface area contributed by atoms with E-state index in [0.29, 0.717) is 32.3 Å². The summed E-state index contributed by atoms with van der Waals surface area (Å²) in [6.45, 7) is 4.53. The van der Waals surface area contributed by atoms with Gasteiger partial charge in [-0.05, 0) is 24.6 Å². The summed E-state index contributed by atoms with van der Waals surface area (Å²) in [5.74, 6) is 1.38. The van der Waals surface area contributed by atoms with Gasteiger partial charge in [0.15, 0.2) is 5.96 Å². The van der Waals surface area contributed by atoms with Crippen molar-refractivity contribution in [3.05, 3.63) is 29.8 Å². The summed E-state index contributed by atoms with van der Waals surface area (Å²) in [7, 11) is 5.08. The number of hydrogen-bond donors (Lipinski definition) is 2. The van der Waals surface area contributed by atoms with Crippen molar-refractivity contribution in [2.75, 3.05) is 47.5 Å². The Bertz CT molecular complexity index is 515. The average molecular weight is 336 g/mol. The third-order valence-corrected chi connectivity index (χ3v) is 3.23. The molecule has 0 atom stereocenters. The highest BCUT2D eigenvalue weighted by Gasteiger charge is 2.05. The Kier molecular flexibility index (Phi) is 9.29. The zero-order chi connectivity index (χ0) is 17.8. The van der Waals surface area contributed by atoms with Crippen LogP contribution in [0.3, 0.4) is 0 Å². The maximum atomic E-state index is 11.7. The molecule has 1 aromatic carbocycles. The normalized spacial score (nSPS) is 11.1. The van der Waals surface area contributed by atoms with E-state index in [2.05, 4.69) is 15.6 Å². The first-order valence-corrected chi connectivity index (χ1v) is 7.99. The zero-order valence-electron chi connectivity index (χ0n) is 15.0.